The number of hydrogen-bond acceptors (Lipinski definition) is 7. The number of halogens is 1. The van der Waals surface area contributed by atoms with E-state index in [9.17, 15) is 9.59 Å². The van der Waals surface area contributed by atoms with Gasteiger partial charge in [0, 0.05) is 22.6 Å². The number of aromatic nitrogens is 1. The van der Waals surface area contributed by atoms with Crippen LogP contribution in [0.1, 0.15) is 43.2 Å². The quantitative estimate of drug-likeness (QED) is 0.603. The van der Waals surface area contributed by atoms with Gasteiger partial charge in [0.05, 0.1) is 23.9 Å². The summed E-state index contributed by atoms with van der Waals surface area (Å²) in [5, 5.41) is 4.49. The molecule has 1 N–H and O–H groups in total. The number of nitrogens with zero attached hydrogens (tertiary/aromatic N) is 1. The van der Waals surface area contributed by atoms with Crippen LogP contribution in [0.3, 0.4) is 0 Å². The Morgan fingerprint density at radius 2 is 1.97 bits per heavy atom. The van der Waals surface area contributed by atoms with E-state index in [4.69, 9.17) is 30.8 Å². The number of carbonyl (C=O) groups is 2. The summed E-state index contributed by atoms with van der Waals surface area (Å²) in [7, 11) is 1.68. The third-order valence-corrected chi connectivity index (χ3v) is 7.21. The number of aryl methyl sites for hydroxylation is 1. The lowest BCUT2D eigenvalue weighted by atomic mass is 9.79. The maximum atomic E-state index is 13.2. The number of carbonyl (C=O) groups excluding carboxylic acids is 2. The van der Waals surface area contributed by atoms with Gasteiger partial charge in [0.1, 0.15) is 10.6 Å². The van der Waals surface area contributed by atoms with Crippen molar-refractivity contribution in [2.24, 2.45) is 0 Å². The van der Waals surface area contributed by atoms with Gasteiger partial charge < -0.3 is 19.5 Å². The van der Waals surface area contributed by atoms with Gasteiger partial charge in [-0.1, -0.05) is 23.7 Å². The van der Waals surface area contributed by atoms with Gasteiger partial charge >= 0.3 is 6.16 Å². The van der Waals surface area contributed by atoms with Gasteiger partial charge in [-0.25, -0.2) is 9.78 Å². The predicted molar refractivity (Wildman–Crippen MR) is 122 cm³/mol. The molecular weight excluding hydrogens is 452 g/mol. The van der Waals surface area contributed by atoms with Crippen LogP contribution in [0.25, 0.3) is 16.1 Å². The van der Waals surface area contributed by atoms with Crippen LogP contribution < -0.4 is 5.32 Å². The van der Waals surface area contributed by atoms with E-state index in [2.05, 4.69) is 5.32 Å². The summed E-state index contributed by atoms with van der Waals surface area (Å²) in [6.07, 6.45) is 1.97. The third kappa shape index (κ3) is 4.27. The number of nitrogens with one attached hydrogen (secondary N) is 1. The fraction of sp³-hybridized carbons (Fsp3) is 0.435. The van der Waals surface area contributed by atoms with Gasteiger partial charge in [0.25, 0.3) is 5.91 Å². The summed E-state index contributed by atoms with van der Waals surface area (Å²) >= 11 is 7.48. The largest absolute Gasteiger partial charge is 0.513 e. The lowest BCUT2D eigenvalue weighted by Crippen LogP contribution is -2.49. The second-order valence-electron chi connectivity index (χ2n) is 7.89. The van der Waals surface area contributed by atoms with Crippen LogP contribution in [0.2, 0.25) is 5.02 Å². The van der Waals surface area contributed by atoms with Crippen molar-refractivity contribution in [1.82, 2.24) is 10.3 Å². The predicted octanol–water partition coefficient (Wildman–Crippen LogP) is 5.11. The molecular formula is C23H25ClN2O5S. The van der Waals surface area contributed by atoms with E-state index in [0.717, 1.165) is 28.3 Å². The number of ether oxygens (including phenoxy) is 3. The summed E-state index contributed by atoms with van der Waals surface area (Å²) < 4.78 is 16.2. The van der Waals surface area contributed by atoms with Gasteiger partial charge in [-0.2, -0.15) is 0 Å². The molecule has 0 bridgehead atoms. The van der Waals surface area contributed by atoms with Gasteiger partial charge in [-0.3, -0.25) is 4.79 Å². The highest BCUT2D eigenvalue weighted by Gasteiger charge is 2.51. The molecule has 2 aliphatic rings. The first kappa shape index (κ1) is 22.8. The summed E-state index contributed by atoms with van der Waals surface area (Å²) in [4.78, 5) is 31.1. The van der Waals surface area contributed by atoms with Gasteiger partial charge in [0.15, 0.2) is 5.76 Å². The van der Waals surface area contributed by atoms with Crippen LogP contribution in [0.4, 0.5) is 4.79 Å². The first-order chi connectivity index (χ1) is 15.4. The molecule has 1 amide bonds. The van der Waals surface area contributed by atoms with Gasteiger partial charge in [-0.05, 0) is 51.7 Å². The SMILES string of the molecule is CCOC(=O)OC1=C(c2nc(-c3ccc(Cl)cc3)sc2C)C(=O)NC12CCC(OC)CC2. The van der Waals surface area contributed by atoms with Crippen LogP contribution in [0.15, 0.2) is 30.0 Å². The van der Waals surface area contributed by atoms with Crippen LogP contribution in [0.5, 0.6) is 0 Å². The van der Waals surface area contributed by atoms with Crippen LogP contribution in [-0.2, 0) is 19.0 Å². The Morgan fingerprint density at radius 3 is 2.59 bits per heavy atom. The van der Waals surface area contributed by atoms with E-state index in [1.54, 1.807) is 26.2 Å². The van der Waals surface area contributed by atoms with Crippen molar-refractivity contribution in [2.45, 2.75) is 51.2 Å². The second-order valence-corrected chi connectivity index (χ2v) is 9.53. The summed E-state index contributed by atoms with van der Waals surface area (Å²) in [5.74, 6) is 0.00257. The zero-order chi connectivity index (χ0) is 22.9. The molecule has 7 nitrogen and oxygen atoms in total. The van der Waals surface area contributed by atoms with Gasteiger partial charge in [0.2, 0.25) is 0 Å². The molecule has 170 valence electrons. The van der Waals surface area contributed by atoms with Crippen LogP contribution >= 0.6 is 22.9 Å². The van der Waals surface area contributed by atoms with E-state index < -0.39 is 11.7 Å². The normalized spacial score (nSPS) is 22.9. The highest BCUT2D eigenvalue weighted by molar-refractivity contribution is 7.15. The highest BCUT2D eigenvalue weighted by Crippen LogP contribution is 2.45. The number of rotatable bonds is 5. The minimum atomic E-state index is -0.824. The molecule has 1 spiro atoms. The average molecular weight is 477 g/mol. The van der Waals surface area contributed by atoms with E-state index in [1.165, 1.54) is 11.3 Å². The topological polar surface area (TPSA) is 86.8 Å². The number of thiazole rings is 1. The number of methoxy groups -OCH3 is 1. The summed E-state index contributed by atoms with van der Waals surface area (Å²) in [6.45, 7) is 3.79. The van der Waals surface area contributed by atoms with Crippen molar-refractivity contribution in [2.75, 3.05) is 13.7 Å². The fourth-order valence-corrected chi connectivity index (χ4v) is 5.34. The van der Waals surface area contributed by atoms with Gasteiger partial charge in [-0.15, -0.1) is 11.3 Å². The van der Waals surface area contributed by atoms with E-state index in [-0.39, 0.29) is 18.6 Å². The second kappa shape index (κ2) is 9.21. The third-order valence-electron chi connectivity index (χ3n) is 5.93. The zero-order valence-corrected chi connectivity index (χ0v) is 19.8. The fourth-order valence-electron chi connectivity index (χ4n) is 4.29. The standard InChI is InChI=1S/C23H25ClN2O5S/c1-4-30-22(28)31-19-17(20(27)26-23(19)11-9-16(29-3)10-12-23)18-13(2)32-21(25-18)14-5-7-15(24)8-6-14/h5-8,16H,4,9-12H2,1-3H3,(H,26,27). The Kier molecular flexibility index (Phi) is 6.55. The van der Waals surface area contributed by atoms with E-state index >= 15 is 0 Å². The van der Waals surface area contributed by atoms with E-state index in [1.807, 2.05) is 19.1 Å². The van der Waals surface area contributed by atoms with Crippen molar-refractivity contribution in [1.29, 1.82) is 0 Å². The average Bonchev–Trinajstić information content (AvgIpc) is 3.26. The Bertz CT molecular complexity index is 1050. The van der Waals surface area contributed by atoms with Crippen LogP contribution in [0, 0.1) is 6.92 Å². The Labute approximate surface area is 195 Å². The van der Waals surface area contributed by atoms with Crippen molar-refractivity contribution in [3.8, 4) is 10.6 Å². The number of hydrogen-bond donors (Lipinski definition) is 1. The molecule has 1 aromatic heterocycles. The van der Waals surface area contributed by atoms with Crippen molar-refractivity contribution in [3.05, 3.63) is 45.6 Å². The molecule has 1 fully saturated rings. The van der Waals surface area contributed by atoms with Crippen LogP contribution in [-0.4, -0.2) is 42.4 Å². The van der Waals surface area contributed by atoms with E-state index in [0.29, 0.717) is 34.9 Å². The molecule has 32 heavy (non-hydrogen) atoms. The molecule has 1 aromatic carbocycles. The molecule has 0 radical (unpaired) electrons. The molecule has 2 heterocycles. The maximum Gasteiger partial charge on any atom is 0.513 e. The monoisotopic (exact) mass is 476 g/mol. The first-order valence-corrected chi connectivity index (χ1v) is 11.7. The highest BCUT2D eigenvalue weighted by atomic mass is 35.5. The summed E-state index contributed by atoms with van der Waals surface area (Å²) in [6, 6.07) is 7.37. The molecule has 0 unspecified atom stereocenters. The minimum absolute atomic E-state index is 0.114. The Hall–Kier alpha value is -2.42. The molecule has 9 heteroatoms. The number of benzene rings is 1. The molecule has 2 aromatic rings. The number of amides is 1. The summed E-state index contributed by atoms with van der Waals surface area (Å²) in [5.41, 5.74) is 0.936. The lowest BCUT2D eigenvalue weighted by molar-refractivity contribution is -0.116. The molecule has 1 saturated carbocycles. The molecule has 1 aliphatic carbocycles. The lowest BCUT2D eigenvalue weighted by Gasteiger charge is -2.37. The zero-order valence-electron chi connectivity index (χ0n) is 18.2. The Balaban J connectivity index is 1.78. The maximum absolute atomic E-state index is 13.2. The Morgan fingerprint density at radius 1 is 1.28 bits per heavy atom. The molecule has 4 rings (SSSR count). The minimum Gasteiger partial charge on any atom is -0.434 e. The first-order valence-electron chi connectivity index (χ1n) is 10.5. The van der Waals surface area contributed by atoms with Crippen molar-refractivity contribution >= 4 is 40.6 Å². The van der Waals surface area contributed by atoms with Crippen molar-refractivity contribution in [3.63, 3.8) is 0 Å². The molecule has 0 saturated heterocycles. The molecule has 0 atom stereocenters. The van der Waals surface area contributed by atoms with Crippen molar-refractivity contribution < 1.29 is 23.8 Å². The molecule has 1 aliphatic heterocycles. The smallest absolute Gasteiger partial charge is 0.434 e.